The molecule has 0 aliphatic carbocycles. The van der Waals surface area contributed by atoms with Crippen molar-refractivity contribution in [1.29, 1.82) is 0 Å². The minimum Gasteiger partial charge on any atom is -0.491 e. The highest BCUT2D eigenvalue weighted by Crippen LogP contribution is 2.26. The van der Waals surface area contributed by atoms with Gasteiger partial charge in [-0.1, -0.05) is 84.9 Å². The molecule has 0 spiro atoms. The van der Waals surface area contributed by atoms with E-state index in [9.17, 15) is 19.2 Å². The number of carbonyl (C=O) groups excluding carboxylic acids is 4. The van der Waals surface area contributed by atoms with E-state index in [2.05, 4.69) is 15.6 Å². The Balaban J connectivity index is 1.11. The van der Waals surface area contributed by atoms with Crippen LogP contribution in [0.3, 0.4) is 0 Å². The lowest BCUT2D eigenvalue weighted by atomic mass is 10.0. The van der Waals surface area contributed by atoms with Gasteiger partial charge in [0.15, 0.2) is 0 Å². The lowest BCUT2D eigenvalue weighted by molar-refractivity contribution is -0.133. The van der Waals surface area contributed by atoms with Gasteiger partial charge in [0.1, 0.15) is 25.5 Å². The van der Waals surface area contributed by atoms with Crippen molar-refractivity contribution < 1.29 is 28.7 Å². The topological polar surface area (TPSA) is 130 Å². The smallest absolute Gasteiger partial charge is 0.410 e. The molecule has 2 aliphatic heterocycles. The summed E-state index contributed by atoms with van der Waals surface area (Å²) in [6, 6.07) is 31.8. The molecule has 4 bridgehead atoms. The number of hydrogen-bond donors (Lipinski definition) is 2. The molecule has 0 unspecified atom stereocenters. The lowest BCUT2D eigenvalue weighted by Crippen LogP contribution is -2.48. The van der Waals surface area contributed by atoms with Gasteiger partial charge in [-0.3, -0.25) is 24.3 Å². The number of aromatic nitrogens is 1. The van der Waals surface area contributed by atoms with Gasteiger partial charge in [0.05, 0.1) is 18.0 Å². The largest absolute Gasteiger partial charge is 0.491 e. The second-order valence-corrected chi connectivity index (χ2v) is 13.1. The monoisotopic (exact) mass is 697 g/mol. The van der Waals surface area contributed by atoms with Crippen molar-refractivity contribution >= 4 is 34.6 Å². The minimum atomic E-state index is -0.684. The first kappa shape index (κ1) is 34.2. The molecule has 7 rings (SSSR count). The highest BCUT2D eigenvalue weighted by atomic mass is 16.6. The highest BCUT2D eigenvalue weighted by molar-refractivity contribution is 5.95. The molecule has 11 heteroatoms. The number of ether oxygens (including phenoxy) is 2. The molecule has 2 atom stereocenters. The molecule has 264 valence electrons. The first-order valence-electron chi connectivity index (χ1n) is 17.4. The van der Waals surface area contributed by atoms with Crippen LogP contribution in [0.1, 0.15) is 27.9 Å². The molecule has 11 nitrogen and oxygen atoms in total. The predicted octanol–water partition coefficient (Wildman–Crippen LogP) is 4.99. The van der Waals surface area contributed by atoms with E-state index in [0.29, 0.717) is 17.7 Å². The Labute approximate surface area is 301 Å². The summed E-state index contributed by atoms with van der Waals surface area (Å²) in [5.41, 5.74) is 3.61. The Morgan fingerprint density at radius 1 is 0.846 bits per heavy atom. The molecule has 1 saturated heterocycles. The van der Waals surface area contributed by atoms with E-state index < -0.39 is 6.09 Å². The molecule has 2 aliphatic rings. The maximum Gasteiger partial charge on any atom is 0.410 e. The van der Waals surface area contributed by atoms with E-state index in [1.165, 1.54) is 11.1 Å². The molecule has 2 N–H and O–H groups in total. The summed E-state index contributed by atoms with van der Waals surface area (Å²) in [7, 11) is 0. The molecule has 4 aromatic carbocycles. The Bertz CT molecular complexity index is 2090. The van der Waals surface area contributed by atoms with Gasteiger partial charge < -0.3 is 25.0 Å². The zero-order valence-electron chi connectivity index (χ0n) is 28.6. The molecule has 1 aromatic heterocycles. The van der Waals surface area contributed by atoms with E-state index in [0.717, 1.165) is 33.0 Å². The third kappa shape index (κ3) is 8.38. The van der Waals surface area contributed by atoms with Gasteiger partial charge in [-0.2, -0.15) is 0 Å². The standard InChI is InChI=1S/C41H39N5O6/c47-38(18-29-13-14-30-9-4-5-10-31(30)17-29)44-35-21-36-27-51-37-12-6-11-32(20-37)33-19-34(23-42-22-33)40(49)43-15-16-45(25-39(48)46(36)24-35)41(50)52-26-28-7-2-1-3-8-28/h1-14,17,19-20,22-23,35-36H,15-16,18,21,24-27H2,(H,43,49)(H,44,47)/t35-,36+/m1/s1. The van der Waals surface area contributed by atoms with Crippen molar-refractivity contribution in [3.63, 3.8) is 0 Å². The van der Waals surface area contributed by atoms with Crippen LogP contribution in [0.4, 0.5) is 4.79 Å². The minimum absolute atomic E-state index is 0.0269. The summed E-state index contributed by atoms with van der Waals surface area (Å²) in [6.45, 7) is 0.260. The molecule has 0 saturated carbocycles. The van der Waals surface area contributed by atoms with Gasteiger partial charge in [-0.05, 0) is 52.1 Å². The zero-order valence-corrected chi connectivity index (χ0v) is 28.6. The van der Waals surface area contributed by atoms with E-state index in [1.807, 2.05) is 97.1 Å². The van der Waals surface area contributed by atoms with Gasteiger partial charge in [0.25, 0.3) is 5.91 Å². The van der Waals surface area contributed by atoms with Crippen LogP contribution >= 0.6 is 0 Å². The molecular weight excluding hydrogens is 658 g/mol. The number of nitrogens with zero attached hydrogens (tertiary/aromatic N) is 3. The van der Waals surface area contributed by atoms with Crippen molar-refractivity contribution in [1.82, 2.24) is 25.4 Å². The van der Waals surface area contributed by atoms with Crippen LogP contribution in [0.2, 0.25) is 0 Å². The zero-order chi connectivity index (χ0) is 35.9. The third-order valence-electron chi connectivity index (χ3n) is 9.35. The van der Waals surface area contributed by atoms with Gasteiger partial charge in [-0.15, -0.1) is 0 Å². The van der Waals surface area contributed by atoms with Crippen molar-refractivity contribution in [2.24, 2.45) is 0 Å². The maximum atomic E-state index is 14.1. The SMILES string of the molecule is O=C(Cc1ccc2ccccc2c1)N[C@@H]1C[C@H]2COc3cccc(c3)-c3cncc(c3)C(=O)NCCN(C(=O)OCc3ccccc3)CC(=O)N2C1. The number of fused-ring (bicyclic) bond motifs is 7. The third-order valence-corrected chi connectivity index (χ3v) is 9.35. The summed E-state index contributed by atoms with van der Waals surface area (Å²) in [5, 5.41) is 8.14. The second-order valence-electron chi connectivity index (χ2n) is 13.1. The molecule has 1 fully saturated rings. The fourth-order valence-corrected chi connectivity index (χ4v) is 6.68. The fraction of sp³-hybridized carbons (Fsp3) is 0.244. The molecular formula is C41H39N5O6. The Kier molecular flexibility index (Phi) is 10.4. The Morgan fingerprint density at radius 2 is 1.65 bits per heavy atom. The van der Waals surface area contributed by atoms with Crippen LogP contribution < -0.4 is 15.4 Å². The average Bonchev–Trinajstić information content (AvgIpc) is 3.58. The summed E-state index contributed by atoms with van der Waals surface area (Å²) < 4.78 is 11.9. The van der Waals surface area contributed by atoms with E-state index in [1.54, 1.807) is 17.2 Å². The summed E-state index contributed by atoms with van der Waals surface area (Å²) in [5.74, 6) is -0.248. The van der Waals surface area contributed by atoms with Crippen LogP contribution in [-0.4, -0.2) is 83.5 Å². The van der Waals surface area contributed by atoms with Gasteiger partial charge in [0.2, 0.25) is 11.8 Å². The van der Waals surface area contributed by atoms with E-state index in [-0.39, 0.29) is 75.6 Å². The summed E-state index contributed by atoms with van der Waals surface area (Å²) >= 11 is 0. The summed E-state index contributed by atoms with van der Waals surface area (Å²) in [4.78, 5) is 61.1. The van der Waals surface area contributed by atoms with Crippen molar-refractivity contribution in [2.75, 3.05) is 32.8 Å². The quantitative estimate of drug-likeness (QED) is 0.265. The van der Waals surface area contributed by atoms with Gasteiger partial charge in [-0.25, -0.2) is 4.79 Å². The number of nitrogens with one attached hydrogen (secondary N) is 2. The average molecular weight is 698 g/mol. The van der Waals surface area contributed by atoms with Gasteiger partial charge >= 0.3 is 6.09 Å². The molecule has 5 aromatic rings. The van der Waals surface area contributed by atoms with Gasteiger partial charge in [0, 0.05) is 43.6 Å². The van der Waals surface area contributed by atoms with Crippen molar-refractivity contribution in [2.45, 2.75) is 31.5 Å². The Hall–Kier alpha value is -6.23. The lowest BCUT2D eigenvalue weighted by Gasteiger charge is -2.28. The van der Waals surface area contributed by atoms with E-state index >= 15 is 0 Å². The molecule has 0 radical (unpaired) electrons. The molecule has 3 heterocycles. The first-order chi connectivity index (χ1) is 25.4. The summed E-state index contributed by atoms with van der Waals surface area (Å²) in [6.07, 6.45) is 3.14. The van der Waals surface area contributed by atoms with Crippen molar-refractivity contribution in [3.05, 3.63) is 132 Å². The number of benzene rings is 4. The second kappa shape index (κ2) is 15.8. The molecule has 52 heavy (non-hydrogen) atoms. The van der Waals surface area contributed by atoms with Crippen LogP contribution in [0, 0.1) is 0 Å². The maximum absolute atomic E-state index is 14.1. The fourth-order valence-electron chi connectivity index (χ4n) is 6.68. The molecule has 4 amide bonds. The number of rotatable bonds is 5. The van der Waals surface area contributed by atoms with Crippen LogP contribution in [0.15, 0.2) is 116 Å². The normalized spacial score (nSPS) is 17.8. The number of amides is 4. The number of carbonyl (C=O) groups is 4. The van der Waals surface area contributed by atoms with Crippen LogP contribution in [-0.2, 0) is 27.4 Å². The van der Waals surface area contributed by atoms with E-state index in [4.69, 9.17) is 9.47 Å². The highest BCUT2D eigenvalue weighted by Gasteiger charge is 2.37. The van der Waals surface area contributed by atoms with Crippen LogP contribution in [0.5, 0.6) is 5.75 Å². The number of pyridine rings is 1. The van der Waals surface area contributed by atoms with Crippen LogP contribution in [0.25, 0.3) is 21.9 Å². The predicted molar refractivity (Wildman–Crippen MR) is 195 cm³/mol. The van der Waals surface area contributed by atoms with Crippen molar-refractivity contribution in [3.8, 4) is 16.9 Å². The Morgan fingerprint density at radius 3 is 2.52 bits per heavy atom. The first-order valence-corrected chi connectivity index (χ1v) is 17.4. The number of hydrogen-bond acceptors (Lipinski definition) is 7.